The number of carbonyl (C=O) groups is 3. The molecule has 2 heterocycles. The van der Waals surface area contributed by atoms with E-state index in [1.54, 1.807) is 13.2 Å². The first kappa shape index (κ1) is 22.7. The van der Waals surface area contributed by atoms with E-state index < -0.39 is 6.04 Å². The van der Waals surface area contributed by atoms with Crippen LogP contribution < -0.4 is 20.7 Å². The van der Waals surface area contributed by atoms with Crippen LogP contribution in [0.25, 0.3) is 10.9 Å². The van der Waals surface area contributed by atoms with E-state index in [1.165, 1.54) is 0 Å². The lowest BCUT2D eigenvalue weighted by Crippen LogP contribution is -2.50. The fourth-order valence-electron chi connectivity index (χ4n) is 4.07. The van der Waals surface area contributed by atoms with Crippen LogP contribution in [-0.4, -0.2) is 48.4 Å². The number of nitrogens with one attached hydrogen (secondary N) is 4. The van der Waals surface area contributed by atoms with Crippen molar-refractivity contribution in [3.05, 3.63) is 30.0 Å². The van der Waals surface area contributed by atoms with Crippen molar-refractivity contribution in [2.45, 2.75) is 52.1 Å². The number of rotatable bonds is 9. The molecule has 1 fully saturated rings. The molecule has 3 atom stereocenters. The van der Waals surface area contributed by atoms with Crippen LogP contribution >= 0.6 is 0 Å². The number of hydrogen-bond donors (Lipinski definition) is 4. The van der Waals surface area contributed by atoms with Gasteiger partial charge in [0.1, 0.15) is 17.5 Å². The minimum absolute atomic E-state index is 0.0439. The minimum atomic E-state index is -0.666. The van der Waals surface area contributed by atoms with E-state index in [9.17, 15) is 14.4 Å². The molecule has 8 nitrogen and oxygen atoms in total. The van der Waals surface area contributed by atoms with Gasteiger partial charge >= 0.3 is 0 Å². The minimum Gasteiger partial charge on any atom is -0.496 e. The van der Waals surface area contributed by atoms with E-state index in [4.69, 9.17) is 4.74 Å². The van der Waals surface area contributed by atoms with Crippen LogP contribution in [0.2, 0.25) is 0 Å². The van der Waals surface area contributed by atoms with Gasteiger partial charge in [0.15, 0.2) is 0 Å². The van der Waals surface area contributed by atoms with Crippen molar-refractivity contribution in [1.29, 1.82) is 0 Å². The summed E-state index contributed by atoms with van der Waals surface area (Å²) in [5, 5.41) is 9.47. The first-order valence-corrected chi connectivity index (χ1v) is 10.8. The molecule has 1 aliphatic rings. The highest BCUT2D eigenvalue weighted by Gasteiger charge is 2.28. The average molecular weight is 429 g/mol. The Kier molecular flexibility index (Phi) is 7.20. The van der Waals surface area contributed by atoms with Crippen LogP contribution in [0.4, 0.5) is 0 Å². The van der Waals surface area contributed by atoms with Gasteiger partial charge in [0.25, 0.3) is 5.91 Å². The summed E-state index contributed by atoms with van der Waals surface area (Å²) in [5.74, 6) is 0.282. The molecule has 31 heavy (non-hydrogen) atoms. The largest absolute Gasteiger partial charge is 0.496 e. The zero-order chi connectivity index (χ0) is 22.5. The molecule has 0 bridgehead atoms. The molecule has 0 unspecified atom stereocenters. The van der Waals surface area contributed by atoms with Crippen molar-refractivity contribution < 1.29 is 19.1 Å². The van der Waals surface area contributed by atoms with Crippen LogP contribution in [0, 0.1) is 11.8 Å². The summed E-state index contributed by atoms with van der Waals surface area (Å²) in [6.45, 7) is 6.59. The smallest absolute Gasteiger partial charge is 0.268 e. The number of amides is 3. The highest BCUT2D eigenvalue weighted by Crippen LogP contribution is 2.26. The zero-order valence-electron chi connectivity index (χ0n) is 18.6. The number of benzene rings is 1. The van der Waals surface area contributed by atoms with E-state index in [0.717, 1.165) is 17.3 Å². The van der Waals surface area contributed by atoms with Crippen molar-refractivity contribution in [2.24, 2.45) is 11.8 Å². The number of fused-ring (bicyclic) bond motifs is 1. The monoisotopic (exact) mass is 428 g/mol. The Morgan fingerprint density at radius 3 is 2.65 bits per heavy atom. The molecule has 8 heteroatoms. The van der Waals surface area contributed by atoms with Crippen LogP contribution in [0.15, 0.2) is 24.3 Å². The molecule has 1 aromatic heterocycles. The molecule has 0 spiro atoms. The second kappa shape index (κ2) is 9.85. The Morgan fingerprint density at radius 1 is 1.23 bits per heavy atom. The highest BCUT2D eigenvalue weighted by atomic mass is 16.5. The van der Waals surface area contributed by atoms with Gasteiger partial charge in [-0.25, -0.2) is 0 Å². The van der Waals surface area contributed by atoms with Crippen LogP contribution in [-0.2, 0) is 9.59 Å². The maximum absolute atomic E-state index is 12.9. The van der Waals surface area contributed by atoms with Crippen LogP contribution in [0.1, 0.15) is 50.5 Å². The maximum Gasteiger partial charge on any atom is 0.268 e. The maximum atomic E-state index is 12.9. The molecule has 1 saturated heterocycles. The van der Waals surface area contributed by atoms with Gasteiger partial charge < -0.3 is 25.7 Å². The predicted octanol–water partition coefficient (Wildman–Crippen LogP) is 2.35. The van der Waals surface area contributed by atoms with Gasteiger partial charge in [0.05, 0.1) is 7.11 Å². The molecule has 3 rings (SSSR count). The van der Waals surface area contributed by atoms with Crippen molar-refractivity contribution in [3.8, 4) is 5.75 Å². The molecular formula is C23H32N4O4. The molecule has 2 aromatic rings. The van der Waals surface area contributed by atoms with Crippen molar-refractivity contribution in [3.63, 3.8) is 0 Å². The van der Waals surface area contributed by atoms with E-state index in [2.05, 4.69) is 20.9 Å². The first-order valence-electron chi connectivity index (χ1n) is 10.8. The lowest BCUT2D eigenvalue weighted by molar-refractivity contribution is -0.125. The van der Waals surface area contributed by atoms with E-state index in [-0.39, 0.29) is 35.6 Å². The topological polar surface area (TPSA) is 112 Å². The summed E-state index contributed by atoms with van der Waals surface area (Å²) in [5.41, 5.74) is 1.16. The Morgan fingerprint density at radius 2 is 2.00 bits per heavy atom. The van der Waals surface area contributed by atoms with Gasteiger partial charge in [-0.1, -0.05) is 19.9 Å². The Bertz CT molecular complexity index is 952. The van der Waals surface area contributed by atoms with Crippen molar-refractivity contribution in [2.75, 3.05) is 13.7 Å². The van der Waals surface area contributed by atoms with E-state index in [1.807, 2.05) is 39.0 Å². The summed E-state index contributed by atoms with van der Waals surface area (Å²) in [6, 6.07) is 6.45. The van der Waals surface area contributed by atoms with Gasteiger partial charge in [-0.15, -0.1) is 0 Å². The molecule has 1 aromatic carbocycles. The number of carbonyl (C=O) groups excluding carboxylic acids is 3. The standard InChI is InChI=1S/C23H32N4O4/c1-13(2)10-18(22(29)25-14(3)11-15-8-9-24-21(15)28)27-23(30)19-12-16-17(26-19)6-5-7-20(16)31-4/h5-7,12-15,18,26H,8-11H2,1-4H3,(H,24,28)(H,25,29)(H,27,30)/t14-,15+,18+/m1/s1. The second-order valence-corrected chi connectivity index (χ2v) is 8.68. The van der Waals surface area contributed by atoms with Crippen LogP contribution in [0.5, 0.6) is 5.75 Å². The first-order chi connectivity index (χ1) is 14.8. The summed E-state index contributed by atoms with van der Waals surface area (Å²) < 4.78 is 5.35. The average Bonchev–Trinajstić information content (AvgIpc) is 3.33. The number of methoxy groups -OCH3 is 1. The van der Waals surface area contributed by atoms with E-state index in [0.29, 0.717) is 30.8 Å². The number of aromatic amines is 1. The molecule has 0 saturated carbocycles. The van der Waals surface area contributed by atoms with Gasteiger partial charge in [-0.3, -0.25) is 14.4 Å². The molecule has 0 radical (unpaired) electrons. The van der Waals surface area contributed by atoms with Crippen molar-refractivity contribution >= 4 is 28.6 Å². The molecule has 0 aliphatic carbocycles. The lowest BCUT2D eigenvalue weighted by atomic mass is 9.98. The summed E-state index contributed by atoms with van der Waals surface area (Å²) in [4.78, 5) is 40.7. The normalized spacial score (nSPS) is 18.0. The number of aromatic nitrogens is 1. The third-order valence-electron chi connectivity index (χ3n) is 5.61. The Balaban J connectivity index is 1.68. The fraction of sp³-hybridized carbons (Fsp3) is 0.522. The third kappa shape index (κ3) is 5.57. The van der Waals surface area contributed by atoms with Crippen LogP contribution in [0.3, 0.4) is 0 Å². The molecule has 168 valence electrons. The third-order valence-corrected chi connectivity index (χ3v) is 5.61. The molecule has 4 N–H and O–H groups in total. The second-order valence-electron chi connectivity index (χ2n) is 8.68. The predicted molar refractivity (Wildman–Crippen MR) is 119 cm³/mol. The molecular weight excluding hydrogens is 396 g/mol. The fourth-order valence-corrected chi connectivity index (χ4v) is 4.07. The lowest BCUT2D eigenvalue weighted by Gasteiger charge is -2.23. The Hall–Kier alpha value is -3.03. The number of ether oxygens (including phenoxy) is 1. The van der Waals surface area contributed by atoms with E-state index >= 15 is 0 Å². The molecule has 3 amide bonds. The Labute approximate surface area is 182 Å². The summed E-state index contributed by atoms with van der Waals surface area (Å²) in [6.07, 6.45) is 1.88. The summed E-state index contributed by atoms with van der Waals surface area (Å²) >= 11 is 0. The van der Waals surface area contributed by atoms with Gasteiger partial charge in [-0.05, 0) is 50.3 Å². The van der Waals surface area contributed by atoms with Crippen molar-refractivity contribution in [1.82, 2.24) is 20.9 Å². The van der Waals surface area contributed by atoms with Gasteiger partial charge in [-0.2, -0.15) is 0 Å². The number of hydrogen-bond acceptors (Lipinski definition) is 4. The quantitative estimate of drug-likeness (QED) is 0.491. The van der Waals surface area contributed by atoms with Gasteiger partial charge in [0.2, 0.25) is 11.8 Å². The highest BCUT2D eigenvalue weighted by molar-refractivity contribution is 6.01. The SMILES string of the molecule is COc1cccc2[nH]c(C(=O)N[C@@H](CC(C)C)C(=O)N[C@H](C)C[C@@H]3CCNC3=O)cc12. The van der Waals surface area contributed by atoms with Gasteiger partial charge in [0, 0.05) is 29.4 Å². The zero-order valence-corrected chi connectivity index (χ0v) is 18.6. The molecule has 1 aliphatic heterocycles. The summed E-state index contributed by atoms with van der Waals surface area (Å²) in [7, 11) is 1.58. The number of H-pyrrole nitrogens is 1.